The number of allylic oxidation sites excluding steroid dienone is 1. The van der Waals surface area contributed by atoms with Gasteiger partial charge < -0.3 is 5.32 Å². The molecule has 1 N–H and O–H groups in total. The predicted octanol–water partition coefficient (Wildman–Crippen LogP) is 3.66. The van der Waals surface area contributed by atoms with Crippen LogP contribution in [0.2, 0.25) is 0 Å². The molecule has 0 fully saturated rings. The molecule has 16 heavy (non-hydrogen) atoms. The van der Waals surface area contributed by atoms with Gasteiger partial charge in [-0.05, 0) is 38.1 Å². The predicted molar refractivity (Wildman–Crippen MR) is 69.0 cm³/mol. The largest absolute Gasteiger partial charge is 0.382 e. The zero-order valence-corrected chi connectivity index (χ0v) is 10.2. The number of hydrogen-bond donors (Lipinski definition) is 1. The van der Waals surface area contributed by atoms with Gasteiger partial charge in [0, 0.05) is 24.2 Å². The molecule has 0 heterocycles. The second kappa shape index (κ2) is 6.11. The van der Waals surface area contributed by atoms with Crippen LogP contribution in [-0.4, -0.2) is 12.3 Å². The minimum absolute atomic E-state index is 0.191. The highest BCUT2D eigenvalue weighted by atomic mass is 16.1. The zero-order chi connectivity index (χ0) is 12.0. The van der Waals surface area contributed by atoms with Crippen LogP contribution in [0.15, 0.2) is 35.9 Å². The maximum atomic E-state index is 11.4. The van der Waals surface area contributed by atoms with E-state index >= 15 is 0 Å². The second-order valence-corrected chi connectivity index (χ2v) is 4.02. The first-order valence-electron chi connectivity index (χ1n) is 5.64. The van der Waals surface area contributed by atoms with Gasteiger partial charge in [0.1, 0.15) is 0 Å². The Balaban J connectivity index is 2.58. The lowest BCUT2D eigenvalue weighted by atomic mass is 10.1. The molecule has 0 saturated heterocycles. The van der Waals surface area contributed by atoms with Crippen LogP contribution in [0.25, 0.3) is 0 Å². The SMILES string of the molecule is CCC(=O)c1ccc(NCC=C(C)C)cc1. The van der Waals surface area contributed by atoms with Crippen LogP contribution < -0.4 is 5.32 Å². The van der Waals surface area contributed by atoms with Crippen molar-refractivity contribution in [1.29, 1.82) is 0 Å². The van der Waals surface area contributed by atoms with Gasteiger partial charge in [-0.3, -0.25) is 4.79 Å². The molecule has 1 rings (SSSR count). The van der Waals surface area contributed by atoms with E-state index in [1.165, 1.54) is 5.57 Å². The Morgan fingerprint density at radius 1 is 1.25 bits per heavy atom. The van der Waals surface area contributed by atoms with E-state index in [4.69, 9.17) is 0 Å². The third-order valence-corrected chi connectivity index (χ3v) is 2.34. The van der Waals surface area contributed by atoms with Crippen molar-refractivity contribution in [2.45, 2.75) is 27.2 Å². The number of Topliss-reactive ketones (excluding diaryl/α,β-unsaturated/α-hetero) is 1. The fourth-order valence-electron chi connectivity index (χ4n) is 1.35. The Kier molecular flexibility index (Phi) is 4.77. The Hall–Kier alpha value is -1.57. The fourth-order valence-corrected chi connectivity index (χ4v) is 1.35. The molecular formula is C14H19NO. The van der Waals surface area contributed by atoms with Gasteiger partial charge in [0.05, 0.1) is 0 Å². The number of anilines is 1. The summed E-state index contributed by atoms with van der Waals surface area (Å²) in [6.07, 6.45) is 2.69. The number of rotatable bonds is 5. The molecule has 2 nitrogen and oxygen atoms in total. The van der Waals surface area contributed by atoms with Crippen LogP contribution in [0.5, 0.6) is 0 Å². The highest BCUT2D eigenvalue weighted by molar-refractivity contribution is 5.96. The number of hydrogen-bond acceptors (Lipinski definition) is 2. The first-order valence-corrected chi connectivity index (χ1v) is 5.64. The van der Waals surface area contributed by atoms with Crippen molar-refractivity contribution in [1.82, 2.24) is 0 Å². The summed E-state index contributed by atoms with van der Waals surface area (Å²) < 4.78 is 0. The van der Waals surface area contributed by atoms with Crippen molar-refractivity contribution < 1.29 is 4.79 Å². The average Bonchev–Trinajstić information content (AvgIpc) is 2.28. The fraction of sp³-hybridized carbons (Fsp3) is 0.357. The molecule has 0 spiro atoms. The molecule has 2 heteroatoms. The van der Waals surface area contributed by atoms with E-state index < -0.39 is 0 Å². The van der Waals surface area contributed by atoms with E-state index in [9.17, 15) is 4.79 Å². The monoisotopic (exact) mass is 217 g/mol. The molecule has 1 aromatic carbocycles. The Morgan fingerprint density at radius 2 is 1.88 bits per heavy atom. The Bertz CT molecular complexity index is 372. The standard InChI is InChI=1S/C14H19NO/c1-4-14(16)12-5-7-13(8-6-12)15-10-9-11(2)3/h5-9,15H,4,10H2,1-3H3. The molecule has 0 aliphatic heterocycles. The third kappa shape index (κ3) is 3.89. The van der Waals surface area contributed by atoms with Crippen molar-refractivity contribution in [3.63, 3.8) is 0 Å². The van der Waals surface area contributed by atoms with Gasteiger partial charge >= 0.3 is 0 Å². The summed E-state index contributed by atoms with van der Waals surface area (Å²) in [6, 6.07) is 7.64. The molecule has 0 atom stereocenters. The molecule has 0 aliphatic rings. The lowest BCUT2D eigenvalue weighted by molar-refractivity contribution is 0.0988. The van der Waals surface area contributed by atoms with Gasteiger partial charge in [-0.25, -0.2) is 0 Å². The third-order valence-electron chi connectivity index (χ3n) is 2.34. The number of carbonyl (C=O) groups excluding carboxylic acids is 1. The molecule has 0 bridgehead atoms. The number of nitrogens with one attached hydrogen (secondary N) is 1. The topological polar surface area (TPSA) is 29.1 Å². The molecule has 0 aromatic heterocycles. The highest BCUT2D eigenvalue weighted by Gasteiger charge is 2.01. The zero-order valence-electron chi connectivity index (χ0n) is 10.2. The molecule has 0 saturated carbocycles. The number of ketones is 1. The second-order valence-electron chi connectivity index (χ2n) is 4.02. The maximum Gasteiger partial charge on any atom is 0.162 e. The van der Waals surface area contributed by atoms with Gasteiger partial charge in [0.2, 0.25) is 0 Å². The minimum Gasteiger partial charge on any atom is -0.382 e. The maximum absolute atomic E-state index is 11.4. The highest BCUT2D eigenvalue weighted by Crippen LogP contribution is 2.10. The molecule has 86 valence electrons. The van der Waals surface area contributed by atoms with Gasteiger partial charge in [0.15, 0.2) is 5.78 Å². The molecule has 0 amide bonds. The van der Waals surface area contributed by atoms with Crippen molar-refractivity contribution in [2.24, 2.45) is 0 Å². The minimum atomic E-state index is 0.191. The summed E-state index contributed by atoms with van der Waals surface area (Å²) in [5, 5.41) is 3.27. The van der Waals surface area contributed by atoms with E-state index in [0.29, 0.717) is 6.42 Å². The smallest absolute Gasteiger partial charge is 0.162 e. The first-order chi connectivity index (χ1) is 7.63. The molecule has 1 aromatic rings. The lowest BCUT2D eigenvalue weighted by Crippen LogP contribution is -2.00. The molecule has 0 aliphatic carbocycles. The Labute approximate surface area is 97.4 Å². The summed E-state index contributed by atoms with van der Waals surface area (Å²) in [6.45, 7) is 6.85. The van der Waals surface area contributed by atoms with Crippen molar-refractivity contribution in [3.8, 4) is 0 Å². The van der Waals surface area contributed by atoms with Crippen LogP contribution in [0.1, 0.15) is 37.6 Å². The quantitative estimate of drug-likeness (QED) is 0.602. The lowest BCUT2D eigenvalue weighted by Gasteiger charge is -2.04. The van der Waals surface area contributed by atoms with E-state index in [-0.39, 0.29) is 5.78 Å². The van der Waals surface area contributed by atoms with E-state index in [1.807, 2.05) is 31.2 Å². The summed E-state index contributed by atoms with van der Waals surface area (Å²) >= 11 is 0. The van der Waals surface area contributed by atoms with Gasteiger partial charge in [0.25, 0.3) is 0 Å². The summed E-state index contributed by atoms with van der Waals surface area (Å²) in [4.78, 5) is 11.4. The first kappa shape index (κ1) is 12.5. The normalized spacial score (nSPS) is 9.69. The molecule has 0 unspecified atom stereocenters. The van der Waals surface area contributed by atoms with Crippen molar-refractivity contribution in [3.05, 3.63) is 41.5 Å². The van der Waals surface area contributed by atoms with Crippen LogP contribution in [0, 0.1) is 0 Å². The van der Waals surface area contributed by atoms with Gasteiger partial charge in [-0.1, -0.05) is 18.6 Å². The summed E-state index contributed by atoms with van der Waals surface area (Å²) in [5.41, 5.74) is 3.13. The molecular weight excluding hydrogens is 198 g/mol. The molecule has 0 radical (unpaired) electrons. The van der Waals surface area contributed by atoms with E-state index in [2.05, 4.69) is 25.2 Å². The van der Waals surface area contributed by atoms with Gasteiger partial charge in [-0.15, -0.1) is 0 Å². The summed E-state index contributed by atoms with van der Waals surface area (Å²) in [5.74, 6) is 0.191. The van der Waals surface area contributed by atoms with Crippen LogP contribution in [0.4, 0.5) is 5.69 Å². The van der Waals surface area contributed by atoms with Gasteiger partial charge in [-0.2, -0.15) is 0 Å². The van der Waals surface area contributed by atoms with Crippen LogP contribution >= 0.6 is 0 Å². The van der Waals surface area contributed by atoms with Crippen molar-refractivity contribution in [2.75, 3.05) is 11.9 Å². The van der Waals surface area contributed by atoms with Crippen molar-refractivity contribution >= 4 is 11.5 Å². The summed E-state index contributed by atoms with van der Waals surface area (Å²) in [7, 11) is 0. The van der Waals surface area contributed by atoms with Crippen LogP contribution in [-0.2, 0) is 0 Å². The Morgan fingerprint density at radius 3 is 2.38 bits per heavy atom. The number of benzene rings is 1. The van der Waals surface area contributed by atoms with Crippen LogP contribution in [0.3, 0.4) is 0 Å². The number of carbonyl (C=O) groups is 1. The van der Waals surface area contributed by atoms with E-state index in [1.54, 1.807) is 0 Å². The average molecular weight is 217 g/mol. The van der Waals surface area contributed by atoms with E-state index in [0.717, 1.165) is 17.8 Å².